The summed E-state index contributed by atoms with van der Waals surface area (Å²) in [5, 5.41) is 1.16. The highest BCUT2D eigenvalue weighted by Gasteiger charge is 2.27. The lowest BCUT2D eigenvalue weighted by atomic mass is 10.1. The number of unbranched alkanes of at least 4 members (excludes halogenated alkanes) is 1. The molecule has 0 aliphatic heterocycles. The van der Waals surface area contributed by atoms with E-state index in [1.54, 1.807) is 0 Å². The maximum absolute atomic E-state index is 3.53. The highest BCUT2D eigenvalue weighted by molar-refractivity contribution is 9.09. The molecule has 18 heavy (non-hydrogen) atoms. The summed E-state index contributed by atoms with van der Waals surface area (Å²) in [5.74, 6) is 0. The van der Waals surface area contributed by atoms with E-state index in [0.717, 1.165) is 10.9 Å². The van der Waals surface area contributed by atoms with E-state index in [9.17, 15) is 0 Å². The van der Waals surface area contributed by atoms with Crippen LogP contribution in [-0.4, -0.2) is 13.4 Å². The van der Waals surface area contributed by atoms with Crippen LogP contribution in [-0.2, 0) is 6.42 Å². The van der Waals surface area contributed by atoms with Crippen molar-refractivity contribution in [3.05, 3.63) is 35.9 Å². The standard InChI is InChI=1S/C16H27BrSi/c1-15(18(2,3)14-8-7-13-17)11-12-16-9-5-4-6-10-16/h4-6,9-10,15H,7-8,11-14H2,1-3H3. The molecule has 0 N–H and O–H groups in total. The van der Waals surface area contributed by atoms with Gasteiger partial charge in [-0.15, -0.1) is 0 Å². The van der Waals surface area contributed by atoms with Gasteiger partial charge in [-0.1, -0.05) is 78.7 Å². The Labute approximate surface area is 122 Å². The van der Waals surface area contributed by atoms with E-state index in [0.29, 0.717) is 0 Å². The first-order chi connectivity index (χ1) is 8.56. The molecule has 0 spiro atoms. The molecular weight excluding hydrogens is 300 g/mol. The lowest BCUT2D eigenvalue weighted by molar-refractivity contribution is 0.748. The van der Waals surface area contributed by atoms with Gasteiger partial charge in [-0.25, -0.2) is 0 Å². The van der Waals surface area contributed by atoms with Crippen molar-refractivity contribution < 1.29 is 0 Å². The second kappa shape index (κ2) is 8.16. The molecule has 1 aromatic carbocycles. The van der Waals surface area contributed by atoms with E-state index in [1.165, 1.54) is 37.3 Å². The zero-order chi connectivity index (χ0) is 13.4. The van der Waals surface area contributed by atoms with Crippen molar-refractivity contribution in [1.82, 2.24) is 0 Å². The largest absolute Gasteiger partial charge is 0.0928 e. The van der Waals surface area contributed by atoms with Crippen LogP contribution in [0.5, 0.6) is 0 Å². The first-order valence-corrected chi connectivity index (χ1v) is 11.6. The van der Waals surface area contributed by atoms with Crippen molar-refractivity contribution in [2.24, 2.45) is 0 Å². The molecule has 1 aromatic rings. The molecule has 0 aliphatic carbocycles. The normalized spacial score (nSPS) is 13.6. The van der Waals surface area contributed by atoms with Gasteiger partial charge < -0.3 is 0 Å². The zero-order valence-electron chi connectivity index (χ0n) is 12.1. The SMILES string of the molecule is CC(CCc1ccccc1)[Si](C)(C)CCCCBr. The zero-order valence-corrected chi connectivity index (χ0v) is 14.7. The number of rotatable bonds is 8. The predicted octanol–water partition coefficient (Wildman–Crippen LogP) is 5.89. The first kappa shape index (κ1) is 16.0. The molecule has 0 aliphatic rings. The van der Waals surface area contributed by atoms with Gasteiger partial charge in [-0.3, -0.25) is 0 Å². The average Bonchev–Trinajstić information content (AvgIpc) is 2.37. The van der Waals surface area contributed by atoms with Gasteiger partial charge in [-0.2, -0.15) is 0 Å². The Hall–Kier alpha value is -0.0831. The van der Waals surface area contributed by atoms with Crippen LogP contribution in [0.1, 0.15) is 31.7 Å². The lowest BCUT2D eigenvalue weighted by Gasteiger charge is -2.30. The molecule has 0 saturated heterocycles. The molecule has 0 bridgehead atoms. The fraction of sp³-hybridized carbons (Fsp3) is 0.625. The summed E-state index contributed by atoms with van der Waals surface area (Å²) in [6.45, 7) is 7.61. The maximum atomic E-state index is 3.53. The summed E-state index contributed by atoms with van der Waals surface area (Å²) < 4.78 is 0. The highest BCUT2D eigenvalue weighted by atomic mass is 79.9. The molecule has 0 fully saturated rings. The third kappa shape index (κ3) is 5.70. The van der Waals surface area contributed by atoms with Crippen molar-refractivity contribution in [1.29, 1.82) is 0 Å². The van der Waals surface area contributed by atoms with Crippen molar-refractivity contribution in [2.45, 2.75) is 57.3 Å². The highest BCUT2D eigenvalue weighted by Crippen LogP contribution is 2.31. The topological polar surface area (TPSA) is 0 Å². The number of hydrogen-bond donors (Lipinski definition) is 0. The monoisotopic (exact) mass is 326 g/mol. The Morgan fingerprint density at radius 1 is 1.11 bits per heavy atom. The van der Waals surface area contributed by atoms with Crippen molar-refractivity contribution in [3.8, 4) is 0 Å². The second-order valence-electron chi connectivity index (χ2n) is 6.06. The van der Waals surface area contributed by atoms with E-state index in [4.69, 9.17) is 0 Å². The molecular formula is C16H27BrSi. The van der Waals surface area contributed by atoms with Gasteiger partial charge in [0.25, 0.3) is 0 Å². The molecule has 1 rings (SSSR count). The molecule has 0 aromatic heterocycles. The summed E-state index contributed by atoms with van der Waals surface area (Å²) in [7, 11) is -1.02. The third-order valence-corrected chi connectivity index (χ3v) is 9.41. The van der Waals surface area contributed by atoms with E-state index in [2.05, 4.69) is 66.3 Å². The van der Waals surface area contributed by atoms with Gasteiger partial charge in [0, 0.05) is 5.33 Å². The molecule has 0 nitrogen and oxygen atoms in total. The number of hydrogen-bond acceptors (Lipinski definition) is 0. The molecule has 102 valence electrons. The predicted molar refractivity (Wildman–Crippen MR) is 89.5 cm³/mol. The van der Waals surface area contributed by atoms with Gasteiger partial charge >= 0.3 is 0 Å². The minimum atomic E-state index is -1.02. The Balaban J connectivity index is 2.36. The number of alkyl halides is 1. The minimum absolute atomic E-state index is 0.924. The second-order valence-corrected chi connectivity index (χ2v) is 12.3. The summed E-state index contributed by atoms with van der Waals surface area (Å²) in [6, 6.07) is 12.4. The Morgan fingerprint density at radius 2 is 1.78 bits per heavy atom. The quantitative estimate of drug-likeness (QED) is 0.317. The van der Waals surface area contributed by atoms with Crippen LogP contribution < -0.4 is 0 Å². The Bertz CT molecular complexity index is 321. The molecule has 0 radical (unpaired) electrons. The van der Waals surface area contributed by atoms with E-state index < -0.39 is 8.07 Å². The number of aryl methyl sites for hydroxylation is 1. The van der Waals surface area contributed by atoms with Gasteiger partial charge in [-0.05, 0) is 30.4 Å². The smallest absolute Gasteiger partial charge is 0.0502 e. The first-order valence-electron chi connectivity index (χ1n) is 7.16. The fourth-order valence-electron chi connectivity index (χ4n) is 2.34. The lowest BCUT2D eigenvalue weighted by Crippen LogP contribution is -2.31. The molecule has 2 heteroatoms. The van der Waals surface area contributed by atoms with E-state index in [1.807, 2.05) is 0 Å². The van der Waals surface area contributed by atoms with Gasteiger partial charge in [0.2, 0.25) is 0 Å². The number of halogens is 1. The summed E-state index contributed by atoms with van der Waals surface area (Å²) in [6.07, 6.45) is 5.34. The van der Waals surface area contributed by atoms with Crippen molar-refractivity contribution in [2.75, 3.05) is 5.33 Å². The average molecular weight is 327 g/mol. The van der Waals surface area contributed by atoms with Crippen LogP contribution in [0.15, 0.2) is 30.3 Å². The van der Waals surface area contributed by atoms with Crippen LogP contribution in [0.3, 0.4) is 0 Å². The Kier molecular flexibility index (Phi) is 7.24. The summed E-state index contributed by atoms with van der Waals surface area (Å²) >= 11 is 3.53. The third-order valence-electron chi connectivity index (χ3n) is 4.25. The van der Waals surface area contributed by atoms with E-state index in [-0.39, 0.29) is 0 Å². The van der Waals surface area contributed by atoms with Crippen molar-refractivity contribution in [3.63, 3.8) is 0 Å². The van der Waals surface area contributed by atoms with Crippen LogP contribution in [0, 0.1) is 0 Å². The summed E-state index contributed by atoms with van der Waals surface area (Å²) in [5.41, 5.74) is 2.42. The Morgan fingerprint density at radius 3 is 2.39 bits per heavy atom. The van der Waals surface area contributed by atoms with Gasteiger partial charge in [0.05, 0.1) is 8.07 Å². The molecule has 1 atom stereocenters. The van der Waals surface area contributed by atoms with Gasteiger partial charge in [0.15, 0.2) is 0 Å². The molecule has 0 heterocycles. The minimum Gasteiger partial charge on any atom is -0.0928 e. The maximum Gasteiger partial charge on any atom is 0.0502 e. The van der Waals surface area contributed by atoms with Gasteiger partial charge in [0.1, 0.15) is 0 Å². The molecule has 0 saturated carbocycles. The van der Waals surface area contributed by atoms with Crippen LogP contribution >= 0.6 is 15.9 Å². The molecule has 0 amide bonds. The fourth-order valence-corrected chi connectivity index (χ4v) is 5.32. The van der Waals surface area contributed by atoms with Crippen LogP contribution in [0.2, 0.25) is 24.7 Å². The van der Waals surface area contributed by atoms with E-state index >= 15 is 0 Å². The number of benzene rings is 1. The van der Waals surface area contributed by atoms with Crippen LogP contribution in [0.4, 0.5) is 0 Å². The molecule has 1 unspecified atom stereocenters. The summed E-state index contributed by atoms with van der Waals surface area (Å²) in [4.78, 5) is 0. The van der Waals surface area contributed by atoms with Crippen molar-refractivity contribution >= 4 is 24.0 Å². The van der Waals surface area contributed by atoms with Crippen LogP contribution in [0.25, 0.3) is 0 Å².